The third-order valence-corrected chi connectivity index (χ3v) is 3.42. The summed E-state index contributed by atoms with van der Waals surface area (Å²) in [7, 11) is 1.19. The number of pyridine rings is 1. The van der Waals surface area contributed by atoms with Gasteiger partial charge >= 0.3 is 5.97 Å². The molecule has 2 rings (SSSR count). The van der Waals surface area contributed by atoms with E-state index in [1.807, 2.05) is 0 Å². The van der Waals surface area contributed by atoms with Gasteiger partial charge in [-0.05, 0) is 18.2 Å². The molecule has 1 aromatic heterocycles. The molecule has 1 aromatic carbocycles. The maximum absolute atomic E-state index is 13.3. The molecule has 0 aliphatic heterocycles. The molecule has 0 atom stereocenters. The summed E-state index contributed by atoms with van der Waals surface area (Å²) < 4.78 is 17.9. The highest BCUT2D eigenvalue weighted by Crippen LogP contribution is 2.33. The molecule has 5 nitrogen and oxygen atoms in total. The second kappa shape index (κ2) is 5.75. The summed E-state index contributed by atoms with van der Waals surface area (Å²) in [6.07, 6.45) is 0. The van der Waals surface area contributed by atoms with Crippen molar-refractivity contribution in [1.29, 1.82) is 0 Å². The first-order valence-corrected chi connectivity index (χ1v) is 6.40. The Morgan fingerprint density at radius 1 is 1.24 bits per heavy atom. The molecule has 0 spiro atoms. The molecule has 4 N–H and O–H groups in total. The molecule has 110 valence electrons. The maximum Gasteiger partial charge on any atom is 0.358 e. The minimum Gasteiger partial charge on any atom is -0.464 e. The van der Waals surface area contributed by atoms with Gasteiger partial charge in [-0.25, -0.2) is 14.2 Å². The molecule has 0 fully saturated rings. The zero-order chi connectivity index (χ0) is 15.7. The van der Waals surface area contributed by atoms with Crippen molar-refractivity contribution < 1.29 is 13.9 Å². The van der Waals surface area contributed by atoms with Crippen molar-refractivity contribution in [2.75, 3.05) is 18.6 Å². The zero-order valence-electron chi connectivity index (χ0n) is 10.8. The van der Waals surface area contributed by atoms with Crippen LogP contribution in [-0.4, -0.2) is 18.1 Å². The van der Waals surface area contributed by atoms with E-state index in [2.05, 4.69) is 9.72 Å². The number of halogens is 3. The van der Waals surface area contributed by atoms with Gasteiger partial charge in [0.05, 0.1) is 28.5 Å². The molecule has 8 heteroatoms. The monoisotopic (exact) mass is 329 g/mol. The van der Waals surface area contributed by atoms with Crippen LogP contribution >= 0.6 is 23.2 Å². The number of hydrogen-bond donors (Lipinski definition) is 2. The van der Waals surface area contributed by atoms with Crippen LogP contribution in [0.3, 0.4) is 0 Å². The van der Waals surface area contributed by atoms with Gasteiger partial charge in [-0.15, -0.1) is 0 Å². The predicted octanol–water partition coefficient (Wildman–Crippen LogP) is 3.15. The van der Waals surface area contributed by atoms with Crippen LogP contribution in [0.2, 0.25) is 10.0 Å². The van der Waals surface area contributed by atoms with E-state index in [9.17, 15) is 9.18 Å². The van der Waals surface area contributed by atoms with Gasteiger partial charge in [0.15, 0.2) is 5.69 Å². The maximum atomic E-state index is 13.3. The minimum atomic E-state index is -0.750. The Balaban J connectivity index is 2.68. The predicted molar refractivity (Wildman–Crippen MR) is 79.8 cm³/mol. The van der Waals surface area contributed by atoms with Crippen LogP contribution in [0, 0.1) is 5.82 Å². The number of anilines is 2. The summed E-state index contributed by atoms with van der Waals surface area (Å²) in [6, 6.07) is 3.76. The molecule has 0 amide bonds. The van der Waals surface area contributed by atoms with Crippen molar-refractivity contribution in [3.05, 3.63) is 39.8 Å². The number of aromatic nitrogens is 1. The summed E-state index contributed by atoms with van der Waals surface area (Å²) >= 11 is 11.6. The van der Waals surface area contributed by atoms with E-state index in [1.54, 1.807) is 0 Å². The van der Waals surface area contributed by atoms with Gasteiger partial charge in [-0.2, -0.15) is 0 Å². The van der Waals surface area contributed by atoms with E-state index in [1.165, 1.54) is 19.2 Å². The second-order valence-electron chi connectivity index (χ2n) is 4.10. The zero-order valence-corrected chi connectivity index (χ0v) is 12.3. The summed E-state index contributed by atoms with van der Waals surface area (Å²) in [5.74, 6) is -1.41. The highest BCUT2D eigenvalue weighted by molar-refractivity contribution is 6.35. The first-order chi connectivity index (χ1) is 9.85. The van der Waals surface area contributed by atoms with Crippen molar-refractivity contribution in [2.45, 2.75) is 0 Å². The molecule has 0 radical (unpaired) electrons. The van der Waals surface area contributed by atoms with Gasteiger partial charge in [0, 0.05) is 11.3 Å². The summed E-state index contributed by atoms with van der Waals surface area (Å²) in [5.41, 5.74) is 12.1. The van der Waals surface area contributed by atoms with Gasteiger partial charge in [0.1, 0.15) is 5.82 Å². The molecule has 2 aromatic rings. The normalized spacial score (nSPS) is 10.5. The number of carbonyl (C=O) groups is 1. The van der Waals surface area contributed by atoms with E-state index in [-0.39, 0.29) is 32.8 Å². The lowest BCUT2D eigenvalue weighted by Gasteiger charge is -2.11. The van der Waals surface area contributed by atoms with Gasteiger partial charge in [0.25, 0.3) is 0 Å². The van der Waals surface area contributed by atoms with Gasteiger partial charge in [0.2, 0.25) is 0 Å². The standard InChI is InChI=1S/C13H10Cl2FN3O2/c1-21-13(20)12-11(15)9(18)4-10(19-12)5-2-6(14)7(16)3-8(5)17/h2-4H,17H2,1H3,(H2,18,19). The summed E-state index contributed by atoms with van der Waals surface area (Å²) in [5, 5.41) is -0.161. The second-order valence-corrected chi connectivity index (χ2v) is 4.89. The van der Waals surface area contributed by atoms with Crippen molar-refractivity contribution in [2.24, 2.45) is 0 Å². The lowest BCUT2D eigenvalue weighted by Crippen LogP contribution is -2.08. The first-order valence-electron chi connectivity index (χ1n) is 5.64. The van der Waals surface area contributed by atoms with Gasteiger partial charge in [-0.3, -0.25) is 0 Å². The number of esters is 1. The fourth-order valence-electron chi connectivity index (χ4n) is 1.70. The lowest BCUT2D eigenvalue weighted by molar-refractivity contribution is 0.0594. The van der Waals surface area contributed by atoms with E-state index in [4.69, 9.17) is 34.7 Å². The molecule has 21 heavy (non-hydrogen) atoms. The third kappa shape index (κ3) is 2.86. The Labute approximate surface area is 129 Å². The molecule has 0 saturated carbocycles. The van der Waals surface area contributed by atoms with Crippen LogP contribution < -0.4 is 11.5 Å². The van der Waals surface area contributed by atoms with E-state index in [0.29, 0.717) is 5.56 Å². The molecule has 0 unspecified atom stereocenters. The number of rotatable bonds is 2. The lowest BCUT2D eigenvalue weighted by atomic mass is 10.1. The minimum absolute atomic E-state index is 0.0302. The molecule has 1 heterocycles. The molecule has 0 aliphatic rings. The summed E-state index contributed by atoms with van der Waals surface area (Å²) in [6.45, 7) is 0. The highest BCUT2D eigenvalue weighted by Gasteiger charge is 2.19. The molecular weight excluding hydrogens is 320 g/mol. The number of ether oxygens (including phenoxy) is 1. The first kappa shape index (κ1) is 15.3. The third-order valence-electron chi connectivity index (χ3n) is 2.73. The van der Waals surface area contributed by atoms with Crippen molar-refractivity contribution in [3.63, 3.8) is 0 Å². The fourth-order valence-corrected chi connectivity index (χ4v) is 2.04. The number of methoxy groups -OCH3 is 1. The number of nitrogens with zero attached hydrogens (tertiary/aromatic N) is 1. The van der Waals surface area contributed by atoms with Gasteiger partial charge < -0.3 is 16.2 Å². The average molecular weight is 330 g/mol. The Hall–Kier alpha value is -2.05. The SMILES string of the molecule is COC(=O)c1nc(-c2cc(Cl)c(F)cc2N)cc(N)c1Cl. The van der Waals surface area contributed by atoms with Crippen molar-refractivity contribution in [1.82, 2.24) is 4.98 Å². The Morgan fingerprint density at radius 2 is 1.90 bits per heavy atom. The van der Waals surface area contributed by atoms with E-state index < -0.39 is 11.8 Å². The van der Waals surface area contributed by atoms with Crippen molar-refractivity contribution in [3.8, 4) is 11.3 Å². The van der Waals surface area contributed by atoms with Crippen LogP contribution in [-0.2, 0) is 4.74 Å². The quantitative estimate of drug-likeness (QED) is 0.652. The van der Waals surface area contributed by atoms with Crippen LogP contribution in [0.15, 0.2) is 18.2 Å². The summed E-state index contributed by atoms with van der Waals surface area (Å²) in [4.78, 5) is 15.7. The van der Waals surface area contributed by atoms with Crippen molar-refractivity contribution >= 4 is 40.5 Å². The van der Waals surface area contributed by atoms with Crippen LogP contribution in [0.5, 0.6) is 0 Å². The Kier molecular flexibility index (Phi) is 4.20. The molecule has 0 saturated heterocycles. The number of nitrogens with two attached hydrogens (primary N) is 2. The van der Waals surface area contributed by atoms with Crippen LogP contribution in [0.1, 0.15) is 10.5 Å². The number of benzene rings is 1. The topological polar surface area (TPSA) is 91.2 Å². The number of nitrogen functional groups attached to an aromatic ring is 2. The van der Waals surface area contributed by atoms with Gasteiger partial charge in [-0.1, -0.05) is 23.2 Å². The Bertz CT molecular complexity index is 738. The average Bonchev–Trinajstić information content (AvgIpc) is 2.45. The molecule has 0 bridgehead atoms. The fraction of sp³-hybridized carbons (Fsp3) is 0.0769. The highest BCUT2D eigenvalue weighted by atomic mass is 35.5. The smallest absolute Gasteiger partial charge is 0.358 e. The van der Waals surface area contributed by atoms with Crippen LogP contribution in [0.4, 0.5) is 15.8 Å². The molecular formula is C13H10Cl2FN3O2. The Morgan fingerprint density at radius 3 is 2.52 bits per heavy atom. The van der Waals surface area contributed by atoms with Crippen LogP contribution in [0.25, 0.3) is 11.3 Å². The van der Waals surface area contributed by atoms with E-state index >= 15 is 0 Å². The number of hydrogen-bond acceptors (Lipinski definition) is 5. The molecule has 0 aliphatic carbocycles. The van der Waals surface area contributed by atoms with E-state index in [0.717, 1.165) is 6.07 Å². The largest absolute Gasteiger partial charge is 0.464 e. The number of carbonyl (C=O) groups excluding carboxylic acids is 1.